The zero-order valence-electron chi connectivity index (χ0n) is 13.7. The van der Waals surface area contributed by atoms with E-state index in [1.165, 1.54) is 44.6 Å². The summed E-state index contributed by atoms with van der Waals surface area (Å²) < 4.78 is 4.39. The lowest BCUT2D eigenvalue weighted by Crippen LogP contribution is -2.21. The fourth-order valence-corrected chi connectivity index (χ4v) is 3.66. The summed E-state index contributed by atoms with van der Waals surface area (Å²) >= 11 is 0. The summed E-state index contributed by atoms with van der Waals surface area (Å²) in [5.74, 6) is 1.01. The van der Waals surface area contributed by atoms with Crippen molar-refractivity contribution in [2.45, 2.75) is 45.3 Å². The van der Waals surface area contributed by atoms with E-state index < -0.39 is 0 Å². The van der Waals surface area contributed by atoms with E-state index in [0.717, 1.165) is 44.1 Å². The normalized spacial score (nSPS) is 19.0. The molecule has 1 N–H and O–H groups in total. The third-order valence-corrected chi connectivity index (χ3v) is 4.91. The molecular formula is C17H26N6. The first-order valence-corrected chi connectivity index (χ1v) is 8.91. The second-order valence-corrected chi connectivity index (χ2v) is 6.62. The number of rotatable bonds is 5. The molecule has 2 aliphatic rings. The summed E-state index contributed by atoms with van der Waals surface area (Å²) in [6.45, 7) is 7.74. The predicted molar refractivity (Wildman–Crippen MR) is 90.1 cm³/mol. The summed E-state index contributed by atoms with van der Waals surface area (Å²) in [6, 6.07) is 2.19. The molecule has 4 rings (SSSR count). The van der Waals surface area contributed by atoms with Gasteiger partial charge in [0.1, 0.15) is 5.69 Å². The number of hydrogen-bond donors (Lipinski definition) is 1. The fraction of sp³-hybridized carbons (Fsp3) is 0.647. The SMILES string of the molecule is c1cn(CCCN2CCCC2)c(-c2cc3n(n2)CCCNC3)n1. The monoisotopic (exact) mass is 314 g/mol. The Balaban J connectivity index is 1.44. The molecule has 0 radical (unpaired) electrons. The van der Waals surface area contributed by atoms with E-state index in [1.54, 1.807) is 0 Å². The van der Waals surface area contributed by atoms with Gasteiger partial charge in [0.25, 0.3) is 0 Å². The van der Waals surface area contributed by atoms with Crippen LogP contribution in [0.1, 0.15) is 31.4 Å². The summed E-state index contributed by atoms with van der Waals surface area (Å²) in [5.41, 5.74) is 2.28. The molecule has 0 unspecified atom stereocenters. The van der Waals surface area contributed by atoms with Gasteiger partial charge in [-0.25, -0.2) is 4.98 Å². The first kappa shape index (κ1) is 14.9. The minimum absolute atomic E-state index is 0.905. The number of nitrogens with one attached hydrogen (secondary N) is 1. The highest BCUT2D eigenvalue weighted by Crippen LogP contribution is 2.19. The molecule has 1 saturated heterocycles. The van der Waals surface area contributed by atoms with Crippen LogP contribution in [0.4, 0.5) is 0 Å². The molecule has 0 amide bonds. The molecule has 0 saturated carbocycles. The Kier molecular flexibility index (Phi) is 4.43. The number of fused-ring (bicyclic) bond motifs is 1. The maximum atomic E-state index is 4.78. The Morgan fingerprint density at radius 2 is 2.00 bits per heavy atom. The molecule has 1 fully saturated rings. The highest BCUT2D eigenvalue weighted by molar-refractivity contribution is 5.50. The van der Waals surface area contributed by atoms with Gasteiger partial charge in [0.15, 0.2) is 5.82 Å². The quantitative estimate of drug-likeness (QED) is 0.913. The van der Waals surface area contributed by atoms with Crippen molar-refractivity contribution in [2.75, 3.05) is 26.2 Å². The van der Waals surface area contributed by atoms with Gasteiger partial charge >= 0.3 is 0 Å². The van der Waals surface area contributed by atoms with Crippen molar-refractivity contribution in [2.24, 2.45) is 0 Å². The summed E-state index contributed by atoms with van der Waals surface area (Å²) in [6.07, 6.45) is 9.03. The van der Waals surface area contributed by atoms with Crippen LogP contribution in [-0.2, 0) is 19.6 Å². The number of aromatic nitrogens is 4. The standard InChI is InChI=1S/C17H26N6/c1-2-8-21(7-1)9-4-10-22-12-6-19-17(22)16-13-15-14-18-5-3-11-23(15)20-16/h6,12-13,18H,1-5,7-11,14H2. The Morgan fingerprint density at radius 1 is 1.09 bits per heavy atom. The molecule has 0 bridgehead atoms. The average molecular weight is 314 g/mol. The second kappa shape index (κ2) is 6.84. The number of hydrogen-bond acceptors (Lipinski definition) is 4. The highest BCUT2D eigenvalue weighted by atomic mass is 15.3. The molecule has 0 aliphatic carbocycles. The van der Waals surface area contributed by atoms with Crippen molar-refractivity contribution in [3.63, 3.8) is 0 Å². The lowest BCUT2D eigenvalue weighted by molar-refractivity contribution is 0.325. The third-order valence-electron chi connectivity index (χ3n) is 4.91. The molecule has 0 aromatic carbocycles. The maximum absolute atomic E-state index is 4.78. The zero-order valence-corrected chi connectivity index (χ0v) is 13.7. The van der Waals surface area contributed by atoms with Crippen molar-refractivity contribution < 1.29 is 0 Å². The Hall–Kier alpha value is -1.66. The molecule has 6 heteroatoms. The Morgan fingerprint density at radius 3 is 2.91 bits per heavy atom. The number of likely N-dealkylation sites (tertiary alicyclic amines) is 1. The van der Waals surface area contributed by atoms with E-state index in [2.05, 4.69) is 36.7 Å². The van der Waals surface area contributed by atoms with E-state index in [9.17, 15) is 0 Å². The fourth-order valence-electron chi connectivity index (χ4n) is 3.66. The van der Waals surface area contributed by atoms with Gasteiger partial charge in [0, 0.05) is 32.0 Å². The molecule has 0 spiro atoms. The largest absolute Gasteiger partial charge is 0.330 e. The molecule has 6 nitrogen and oxygen atoms in total. The Labute approximate surface area is 137 Å². The maximum Gasteiger partial charge on any atom is 0.160 e. The van der Waals surface area contributed by atoms with Gasteiger partial charge in [-0.2, -0.15) is 5.10 Å². The van der Waals surface area contributed by atoms with Crippen LogP contribution >= 0.6 is 0 Å². The molecule has 23 heavy (non-hydrogen) atoms. The van der Waals surface area contributed by atoms with Gasteiger partial charge in [0.2, 0.25) is 0 Å². The van der Waals surface area contributed by atoms with E-state index >= 15 is 0 Å². The van der Waals surface area contributed by atoms with E-state index in [-0.39, 0.29) is 0 Å². The molecule has 4 heterocycles. The molecule has 2 aliphatic heterocycles. The van der Waals surface area contributed by atoms with Crippen molar-refractivity contribution in [1.29, 1.82) is 0 Å². The van der Waals surface area contributed by atoms with Crippen LogP contribution < -0.4 is 5.32 Å². The number of aryl methyl sites for hydroxylation is 2. The smallest absolute Gasteiger partial charge is 0.160 e. The Bertz CT molecular complexity index is 614. The summed E-state index contributed by atoms with van der Waals surface area (Å²) in [4.78, 5) is 7.13. The molecule has 2 aromatic heterocycles. The predicted octanol–water partition coefficient (Wildman–Crippen LogP) is 1.73. The van der Waals surface area contributed by atoms with Crippen molar-refractivity contribution in [1.82, 2.24) is 29.5 Å². The van der Waals surface area contributed by atoms with Gasteiger partial charge in [-0.05, 0) is 57.9 Å². The first-order chi connectivity index (χ1) is 11.4. The van der Waals surface area contributed by atoms with E-state index in [1.807, 2.05) is 6.20 Å². The van der Waals surface area contributed by atoms with Gasteiger partial charge in [0.05, 0.1) is 5.69 Å². The number of imidazole rings is 1. The van der Waals surface area contributed by atoms with Crippen molar-refractivity contribution in [3.8, 4) is 11.5 Å². The van der Waals surface area contributed by atoms with Crippen LogP contribution in [0.15, 0.2) is 18.5 Å². The van der Waals surface area contributed by atoms with Gasteiger partial charge in [-0.1, -0.05) is 0 Å². The van der Waals surface area contributed by atoms with Crippen LogP contribution in [0.2, 0.25) is 0 Å². The second-order valence-electron chi connectivity index (χ2n) is 6.62. The topological polar surface area (TPSA) is 50.9 Å². The lowest BCUT2D eigenvalue weighted by atomic mass is 10.3. The highest BCUT2D eigenvalue weighted by Gasteiger charge is 2.16. The van der Waals surface area contributed by atoms with E-state index in [4.69, 9.17) is 5.10 Å². The molecule has 2 aromatic rings. The van der Waals surface area contributed by atoms with Crippen molar-refractivity contribution in [3.05, 3.63) is 24.2 Å². The summed E-state index contributed by atoms with van der Waals surface area (Å²) in [7, 11) is 0. The molecule has 124 valence electrons. The average Bonchev–Trinajstić information content (AvgIpc) is 3.27. The minimum Gasteiger partial charge on any atom is -0.330 e. The van der Waals surface area contributed by atoms with Crippen LogP contribution in [0, 0.1) is 0 Å². The molecule has 0 atom stereocenters. The van der Waals surface area contributed by atoms with Crippen LogP contribution in [0.25, 0.3) is 11.5 Å². The minimum atomic E-state index is 0.905. The van der Waals surface area contributed by atoms with Crippen LogP contribution in [0.3, 0.4) is 0 Å². The number of nitrogens with zero attached hydrogens (tertiary/aromatic N) is 5. The lowest BCUT2D eigenvalue weighted by Gasteiger charge is -2.14. The van der Waals surface area contributed by atoms with Crippen molar-refractivity contribution >= 4 is 0 Å². The van der Waals surface area contributed by atoms with Gasteiger partial charge in [-0.3, -0.25) is 4.68 Å². The zero-order chi connectivity index (χ0) is 15.5. The van der Waals surface area contributed by atoms with Crippen LogP contribution in [0.5, 0.6) is 0 Å². The van der Waals surface area contributed by atoms with Crippen LogP contribution in [-0.4, -0.2) is 50.4 Å². The van der Waals surface area contributed by atoms with Gasteiger partial charge in [-0.15, -0.1) is 0 Å². The third kappa shape index (κ3) is 3.33. The summed E-state index contributed by atoms with van der Waals surface area (Å²) in [5, 5.41) is 8.23. The first-order valence-electron chi connectivity index (χ1n) is 8.91. The van der Waals surface area contributed by atoms with E-state index in [0.29, 0.717) is 0 Å². The molecular weight excluding hydrogens is 288 g/mol. The van der Waals surface area contributed by atoms with Gasteiger partial charge < -0.3 is 14.8 Å².